The average Bonchev–Trinajstić information content (AvgIpc) is 2.61. The van der Waals surface area contributed by atoms with E-state index < -0.39 is 5.91 Å². The number of rotatable bonds is 8. The molecule has 0 unspecified atom stereocenters. The van der Waals surface area contributed by atoms with Gasteiger partial charge in [-0.1, -0.05) is 44.5 Å². The normalized spacial score (nSPS) is 11.6. The second-order valence-corrected chi connectivity index (χ2v) is 6.01. The number of ether oxygens (including phenoxy) is 1. The van der Waals surface area contributed by atoms with E-state index in [1.165, 1.54) is 5.56 Å². The van der Waals surface area contributed by atoms with E-state index in [-0.39, 0.29) is 18.1 Å². The fourth-order valence-corrected chi connectivity index (χ4v) is 2.63. The molecule has 25 heavy (non-hydrogen) atoms. The molecule has 0 fully saturated rings. The van der Waals surface area contributed by atoms with E-state index in [9.17, 15) is 9.59 Å². The Kier molecular flexibility index (Phi) is 6.57. The van der Waals surface area contributed by atoms with E-state index >= 15 is 0 Å². The van der Waals surface area contributed by atoms with Gasteiger partial charge < -0.3 is 15.8 Å². The third-order valence-corrected chi connectivity index (χ3v) is 4.01. The number of nitrogens with one attached hydrogen (secondary N) is 1. The van der Waals surface area contributed by atoms with Crippen LogP contribution in [0.1, 0.15) is 48.5 Å². The third kappa shape index (κ3) is 5.35. The summed E-state index contributed by atoms with van der Waals surface area (Å²) in [5.74, 6) is 0.198. The molecular formula is C20H24N2O3. The second kappa shape index (κ2) is 8.87. The topological polar surface area (TPSA) is 81.4 Å². The van der Waals surface area contributed by atoms with E-state index in [1.54, 1.807) is 24.3 Å². The molecule has 1 atom stereocenters. The van der Waals surface area contributed by atoms with Crippen molar-refractivity contribution < 1.29 is 14.3 Å². The Hall–Kier alpha value is -2.82. The van der Waals surface area contributed by atoms with E-state index in [0.29, 0.717) is 17.4 Å². The molecule has 2 rings (SSSR count). The van der Waals surface area contributed by atoms with Gasteiger partial charge in [0.1, 0.15) is 5.75 Å². The van der Waals surface area contributed by atoms with Gasteiger partial charge in [0.05, 0.1) is 11.3 Å². The fourth-order valence-electron chi connectivity index (χ4n) is 2.63. The minimum absolute atomic E-state index is 0.142. The molecule has 0 aliphatic carbocycles. The van der Waals surface area contributed by atoms with Gasteiger partial charge in [-0.3, -0.25) is 9.59 Å². The third-order valence-electron chi connectivity index (χ3n) is 4.01. The summed E-state index contributed by atoms with van der Waals surface area (Å²) < 4.78 is 5.51. The summed E-state index contributed by atoms with van der Waals surface area (Å²) >= 11 is 0. The zero-order valence-electron chi connectivity index (χ0n) is 14.6. The number of para-hydroxylation sites is 1. The van der Waals surface area contributed by atoms with Crippen LogP contribution in [0, 0.1) is 0 Å². The van der Waals surface area contributed by atoms with Gasteiger partial charge >= 0.3 is 0 Å². The average molecular weight is 340 g/mol. The number of primary amides is 1. The van der Waals surface area contributed by atoms with Crippen LogP contribution in [0.5, 0.6) is 5.75 Å². The summed E-state index contributed by atoms with van der Waals surface area (Å²) in [5, 5.41) is 2.64. The molecule has 0 aliphatic rings. The Morgan fingerprint density at radius 3 is 2.44 bits per heavy atom. The van der Waals surface area contributed by atoms with E-state index in [2.05, 4.69) is 19.2 Å². The van der Waals surface area contributed by atoms with Gasteiger partial charge in [0, 0.05) is 0 Å². The van der Waals surface area contributed by atoms with Crippen molar-refractivity contribution >= 4 is 17.5 Å². The number of anilines is 1. The summed E-state index contributed by atoms with van der Waals surface area (Å²) in [7, 11) is 0. The van der Waals surface area contributed by atoms with Crippen LogP contribution >= 0.6 is 0 Å². The first-order chi connectivity index (χ1) is 12.0. The first-order valence-electron chi connectivity index (χ1n) is 8.42. The number of carbonyl (C=O) groups excluding carboxylic acids is 2. The van der Waals surface area contributed by atoms with Gasteiger partial charge in [-0.15, -0.1) is 0 Å². The highest BCUT2D eigenvalue weighted by Crippen LogP contribution is 2.23. The van der Waals surface area contributed by atoms with Crippen molar-refractivity contribution in [3.05, 3.63) is 59.7 Å². The lowest BCUT2D eigenvalue weighted by Gasteiger charge is -2.12. The summed E-state index contributed by atoms with van der Waals surface area (Å²) in [6.07, 6.45) is 2.29. The molecule has 0 spiro atoms. The smallest absolute Gasteiger partial charge is 0.262 e. The highest BCUT2D eigenvalue weighted by Gasteiger charge is 2.11. The SMILES string of the molecule is CCC[C@@H](C)c1ccc(OCC(=O)Nc2ccccc2C(N)=O)cc1. The lowest BCUT2D eigenvalue weighted by molar-refractivity contribution is -0.118. The second-order valence-electron chi connectivity index (χ2n) is 6.01. The maximum Gasteiger partial charge on any atom is 0.262 e. The Morgan fingerprint density at radius 1 is 1.12 bits per heavy atom. The van der Waals surface area contributed by atoms with Crippen molar-refractivity contribution in [2.45, 2.75) is 32.6 Å². The Labute approximate surface area is 148 Å². The van der Waals surface area contributed by atoms with Gasteiger partial charge in [-0.05, 0) is 42.2 Å². The molecule has 3 N–H and O–H groups in total. The molecule has 5 heteroatoms. The summed E-state index contributed by atoms with van der Waals surface area (Å²) in [6, 6.07) is 14.4. The zero-order valence-corrected chi connectivity index (χ0v) is 14.6. The van der Waals surface area contributed by atoms with Gasteiger partial charge in [0.25, 0.3) is 11.8 Å². The van der Waals surface area contributed by atoms with Gasteiger partial charge in [-0.25, -0.2) is 0 Å². The van der Waals surface area contributed by atoms with Crippen LogP contribution in [0.2, 0.25) is 0 Å². The Morgan fingerprint density at radius 2 is 1.80 bits per heavy atom. The number of hydrogen-bond acceptors (Lipinski definition) is 3. The number of benzene rings is 2. The summed E-state index contributed by atoms with van der Waals surface area (Å²) in [6.45, 7) is 4.23. The molecule has 0 saturated heterocycles. The van der Waals surface area contributed by atoms with Crippen molar-refractivity contribution in [3.8, 4) is 5.75 Å². The monoisotopic (exact) mass is 340 g/mol. The Balaban J connectivity index is 1.91. The molecule has 0 radical (unpaired) electrons. The van der Waals surface area contributed by atoms with Gasteiger partial charge in [-0.2, -0.15) is 0 Å². The quantitative estimate of drug-likeness (QED) is 0.768. The molecule has 132 valence electrons. The maximum atomic E-state index is 12.0. The number of hydrogen-bond donors (Lipinski definition) is 2. The van der Waals surface area contributed by atoms with Crippen LogP contribution in [0.4, 0.5) is 5.69 Å². The fraction of sp³-hybridized carbons (Fsp3) is 0.300. The molecule has 2 aromatic carbocycles. The molecule has 0 heterocycles. The standard InChI is InChI=1S/C20H24N2O3/c1-3-6-14(2)15-9-11-16(12-10-15)25-13-19(23)22-18-8-5-4-7-17(18)20(21)24/h4-5,7-12,14H,3,6,13H2,1-2H3,(H2,21,24)(H,22,23)/t14-/m1/s1. The van der Waals surface area contributed by atoms with Gasteiger partial charge in [0.15, 0.2) is 6.61 Å². The molecule has 0 bridgehead atoms. The van der Waals surface area contributed by atoms with Crippen LogP contribution < -0.4 is 15.8 Å². The van der Waals surface area contributed by atoms with Crippen LogP contribution in [-0.2, 0) is 4.79 Å². The van der Waals surface area contributed by atoms with Crippen LogP contribution in [0.25, 0.3) is 0 Å². The Bertz CT molecular complexity index is 726. The van der Waals surface area contributed by atoms with E-state index in [4.69, 9.17) is 10.5 Å². The molecule has 0 aliphatic heterocycles. The zero-order chi connectivity index (χ0) is 18.2. The number of amides is 2. The maximum absolute atomic E-state index is 12.0. The first kappa shape index (κ1) is 18.5. The molecule has 2 aromatic rings. The number of nitrogens with two attached hydrogens (primary N) is 1. The summed E-state index contributed by atoms with van der Waals surface area (Å²) in [4.78, 5) is 23.4. The molecule has 5 nitrogen and oxygen atoms in total. The van der Waals surface area contributed by atoms with Crippen molar-refractivity contribution in [3.63, 3.8) is 0 Å². The van der Waals surface area contributed by atoms with E-state index in [1.807, 2.05) is 24.3 Å². The van der Waals surface area contributed by atoms with E-state index in [0.717, 1.165) is 12.8 Å². The first-order valence-corrected chi connectivity index (χ1v) is 8.42. The van der Waals surface area contributed by atoms with Crippen molar-refractivity contribution in [1.82, 2.24) is 0 Å². The lowest BCUT2D eigenvalue weighted by atomic mass is 9.97. The minimum atomic E-state index is -0.589. The van der Waals surface area contributed by atoms with Crippen LogP contribution in [0.3, 0.4) is 0 Å². The van der Waals surface area contributed by atoms with Crippen molar-refractivity contribution in [1.29, 1.82) is 0 Å². The molecule has 0 aromatic heterocycles. The van der Waals surface area contributed by atoms with Crippen molar-refractivity contribution in [2.75, 3.05) is 11.9 Å². The van der Waals surface area contributed by atoms with Crippen LogP contribution in [0.15, 0.2) is 48.5 Å². The lowest BCUT2D eigenvalue weighted by Crippen LogP contribution is -2.22. The molecule has 2 amide bonds. The highest BCUT2D eigenvalue weighted by atomic mass is 16.5. The molecular weight excluding hydrogens is 316 g/mol. The van der Waals surface area contributed by atoms with Gasteiger partial charge in [0.2, 0.25) is 0 Å². The number of carbonyl (C=O) groups is 2. The van der Waals surface area contributed by atoms with Crippen molar-refractivity contribution in [2.24, 2.45) is 5.73 Å². The minimum Gasteiger partial charge on any atom is -0.484 e. The predicted molar refractivity (Wildman–Crippen MR) is 98.8 cm³/mol. The largest absolute Gasteiger partial charge is 0.484 e. The summed E-state index contributed by atoms with van der Waals surface area (Å²) in [5.41, 5.74) is 7.20. The predicted octanol–water partition coefficient (Wildman–Crippen LogP) is 3.71. The van der Waals surface area contributed by atoms with Crippen LogP contribution in [-0.4, -0.2) is 18.4 Å². The molecule has 0 saturated carbocycles. The highest BCUT2D eigenvalue weighted by molar-refractivity contribution is 6.03.